The van der Waals surface area contributed by atoms with E-state index in [0.29, 0.717) is 11.6 Å². The summed E-state index contributed by atoms with van der Waals surface area (Å²) in [7, 11) is 0.834. The van der Waals surface area contributed by atoms with Crippen LogP contribution in [0.4, 0.5) is 14.6 Å². The number of fused-ring (bicyclic) bond motifs is 1. The molecule has 20 heavy (non-hydrogen) atoms. The molecule has 9 heteroatoms. The molecule has 2 heterocycles. The van der Waals surface area contributed by atoms with Gasteiger partial charge < -0.3 is 4.90 Å². The third kappa shape index (κ3) is 2.92. The highest BCUT2D eigenvalue weighted by molar-refractivity contribution is 7.84. The second-order valence-electron chi connectivity index (χ2n) is 4.52. The maximum Gasteiger partial charge on any atom is 0.299 e. The van der Waals surface area contributed by atoms with E-state index in [9.17, 15) is 13.0 Å². The van der Waals surface area contributed by atoms with Crippen molar-refractivity contribution in [3.8, 4) is 0 Å². The number of anilines is 1. The average Bonchev–Trinajstić information content (AvgIpc) is 2.79. The molecule has 110 valence electrons. The molecule has 0 amide bonds. The summed E-state index contributed by atoms with van der Waals surface area (Å²) in [6, 6.07) is 3.22. The van der Waals surface area contributed by atoms with Gasteiger partial charge in [-0.3, -0.25) is 4.21 Å². The van der Waals surface area contributed by atoms with Crippen LogP contribution in [-0.2, 0) is 10.8 Å². The highest BCUT2D eigenvalue weighted by atomic mass is 32.2. The molecule has 2 rings (SSSR count). The maximum absolute atomic E-state index is 12.8. The Morgan fingerprint density at radius 1 is 1.40 bits per heavy atom. The van der Waals surface area contributed by atoms with E-state index in [1.807, 2.05) is 6.92 Å². The van der Waals surface area contributed by atoms with Gasteiger partial charge in [-0.1, -0.05) is 0 Å². The molecule has 2 atom stereocenters. The minimum absolute atomic E-state index is 0.0303. The van der Waals surface area contributed by atoms with Crippen molar-refractivity contribution >= 4 is 22.3 Å². The normalized spacial score (nSPS) is 14.7. The van der Waals surface area contributed by atoms with Gasteiger partial charge >= 0.3 is 0 Å². The zero-order valence-electron chi connectivity index (χ0n) is 11.3. The third-order valence-corrected chi connectivity index (χ3v) is 3.92. The molecule has 0 aliphatic carbocycles. The van der Waals surface area contributed by atoms with Gasteiger partial charge in [-0.25, -0.2) is 8.78 Å². The van der Waals surface area contributed by atoms with Gasteiger partial charge in [-0.15, -0.1) is 15.3 Å². The van der Waals surface area contributed by atoms with Crippen LogP contribution in [0.2, 0.25) is 0 Å². The van der Waals surface area contributed by atoms with Crippen molar-refractivity contribution in [1.82, 2.24) is 19.8 Å². The minimum Gasteiger partial charge on any atom is -0.355 e. The lowest BCUT2D eigenvalue weighted by Gasteiger charge is -2.25. The van der Waals surface area contributed by atoms with Crippen LogP contribution in [0.1, 0.15) is 19.2 Å². The molecule has 0 fully saturated rings. The van der Waals surface area contributed by atoms with E-state index in [2.05, 4.69) is 15.3 Å². The summed E-state index contributed by atoms with van der Waals surface area (Å²) >= 11 is 0. The van der Waals surface area contributed by atoms with Crippen LogP contribution in [0.3, 0.4) is 0 Å². The van der Waals surface area contributed by atoms with Crippen molar-refractivity contribution in [2.75, 3.05) is 24.0 Å². The molecule has 0 spiro atoms. The van der Waals surface area contributed by atoms with Gasteiger partial charge in [0.25, 0.3) is 6.43 Å². The molecule has 0 N–H and O–H groups in total. The third-order valence-electron chi connectivity index (χ3n) is 2.97. The predicted octanol–water partition coefficient (Wildman–Crippen LogP) is 1.27. The molecular weight excluding hydrogens is 288 g/mol. The van der Waals surface area contributed by atoms with Gasteiger partial charge in [0.2, 0.25) is 5.82 Å². The van der Waals surface area contributed by atoms with Crippen LogP contribution < -0.4 is 4.90 Å². The van der Waals surface area contributed by atoms with Crippen molar-refractivity contribution < 1.29 is 13.0 Å². The van der Waals surface area contributed by atoms with E-state index < -0.39 is 23.0 Å². The Morgan fingerprint density at radius 3 is 2.70 bits per heavy atom. The van der Waals surface area contributed by atoms with Crippen LogP contribution >= 0.6 is 0 Å². The lowest BCUT2D eigenvalue weighted by Crippen LogP contribution is -2.34. The molecule has 0 aliphatic heterocycles. The average molecular weight is 303 g/mol. The van der Waals surface area contributed by atoms with E-state index >= 15 is 0 Å². The molecule has 0 radical (unpaired) electrons. The molecule has 0 bridgehead atoms. The number of halogens is 2. The lowest BCUT2D eigenvalue weighted by molar-refractivity contribution is 0.137. The number of hydrogen-bond donors (Lipinski definition) is 0. The van der Waals surface area contributed by atoms with E-state index in [-0.39, 0.29) is 11.7 Å². The Morgan fingerprint density at radius 2 is 2.10 bits per heavy atom. The Hall–Kier alpha value is -1.64. The first-order valence-electron chi connectivity index (χ1n) is 5.93. The zero-order valence-corrected chi connectivity index (χ0v) is 12.1. The first kappa shape index (κ1) is 14.8. The Kier molecular flexibility index (Phi) is 4.26. The van der Waals surface area contributed by atoms with Gasteiger partial charge in [0, 0.05) is 35.9 Å². The highest BCUT2D eigenvalue weighted by Gasteiger charge is 2.19. The van der Waals surface area contributed by atoms with Gasteiger partial charge in [-0.05, 0) is 19.1 Å². The quantitative estimate of drug-likeness (QED) is 0.832. The fourth-order valence-corrected chi connectivity index (χ4v) is 2.70. The van der Waals surface area contributed by atoms with E-state index in [1.165, 1.54) is 0 Å². The van der Waals surface area contributed by atoms with E-state index in [4.69, 9.17) is 0 Å². The molecule has 2 aromatic heterocycles. The zero-order chi connectivity index (χ0) is 14.9. The number of nitrogens with zero attached hydrogens (tertiary/aromatic N) is 5. The number of alkyl halides is 2. The van der Waals surface area contributed by atoms with E-state index in [0.717, 1.165) is 4.52 Å². The van der Waals surface area contributed by atoms with Gasteiger partial charge in [0.1, 0.15) is 5.82 Å². The SMILES string of the molecule is C[C@H](C[S@@](C)=O)N(C)c1ccc2nnc(C(F)F)n2n1. The number of aromatic nitrogens is 4. The predicted molar refractivity (Wildman–Crippen MR) is 72.5 cm³/mol. The fraction of sp³-hybridized carbons (Fsp3) is 0.545. The topological polar surface area (TPSA) is 63.4 Å². The maximum atomic E-state index is 12.8. The van der Waals surface area contributed by atoms with Crippen molar-refractivity contribution in [3.63, 3.8) is 0 Å². The second kappa shape index (κ2) is 5.78. The molecule has 0 saturated carbocycles. The molecule has 6 nitrogen and oxygen atoms in total. The molecule has 2 aromatic rings. The summed E-state index contributed by atoms with van der Waals surface area (Å²) in [5.41, 5.74) is 0.268. The Balaban J connectivity index is 2.35. The summed E-state index contributed by atoms with van der Waals surface area (Å²) in [6.07, 6.45) is -1.12. The number of rotatable bonds is 5. The van der Waals surface area contributed by atoms with Crippen molar-refractivity contribution in [3.05, 3.63) is 18.0 Å². The van der Waals surface area contributed by atoms with Crippen molar-refractivity contribution in [2.45, 2.75) is 19.4 Å². The van der Waals surface area contributed by atoms with Crippen LogP contribution in [0.5, 0.6) is 0 Å². The largest absolute Gasteiger partial charge is 0.355 e. The van der Waals surface area contributed by atoms with Gasteiger partial charge in [0.15, 0.2) is 5.65 Å². The van der Waals surface area contributed by atoms with Crippen LogP contribution in [0.25, 0.3) is 5.65 Å². The Bertz CT molecular complexity index is 632. The van der Waals surface area contributed by atoms with Gasteiger partial charge in [-0.2, -0.15) is 4.52 Å². The molecular formula is C11H15F2N5OS. The second-order valence-corrected chi connectivity index (χ2v) is 6.00. The number of hydrogen-bond acceptors (Lipinski definition) is 5. The minimum atomic E-state index is -2.74. The van der Waals surface area contributed by atoms with Crippen LogP contribution in [0, 0.1) is 0 Å². The summed E-state index contributed by atoms with van der Waals surface area (Å²) in [4.78, 5) is 1.79. The highest BCUT2D eigenvalue weighted by Crippen LogP contribution is 2.19. The Labute approximate surface area is 117 Å². The monoisotopic (exact) mass is 303 g/mol. The van der Waals surface area contributed by atoms with E-state index in [1.54, 1.807) is 30.3 Å². The molecule has 0 aliphatic rings. The molecule has 0 unspecified atom stereocenters. The summed E-state index contributed by atoms with van der Waals surface area (Å²) in [5, 5.41) is 11.2. The summed E-state index contributed by atoms with van der Waals surface area (Å²) in [5.74, 6) is 0.485. The first-order valence-corrected chi connectivity index (χ1v) is 7.66. The van der Waals surface area contributed by atoms with Crippen LogP contribution in [-0.4, -0.2) is 49.1 Å². The fourth-order valence-electron chi connectivity index (χ4n) is 1.80. The summed E-state index contributed by atoms with van der Waals surface area (Å²) in [6.45, 7) is 1.90. The van der Waals surface area contributed by atoms with Gasteiger partial charge in [0.05, 0.1) is 0 Å². The van der Waals surface area contributed by atoms with Crippen molar-refractivity contribution in [2.24, 2.45) is 0 Å². The smallest absolute Gasteiger partial charge is 0.299 e. The van der Waals surface area contributed by atoms with Crippen molar-refractivity contribution in [1.29, 1.82) is 0 Å². The first-order chi connectivity index (χ1) is 9.40. The van der Waals surface area contributed by atoms with Crippen LogP contribution in [0.15, 0.2) is 12.1 Å². The summed E-state index contributed by atoms with van der Waals surface area (Å²) < 4.78 is 37.8. The molecule has 0 saturated heterocycles. The lowest BCUT2D eigenvalue weighted by atomic mass is 10.3. The molecule has 0 aromatic carbocycles. The standard InChI is InChI=1S/C11H15F2N5OS/c1-7(6-20(3)19)17(2)9-5-4-8-14-15-11(10(12)13)18(8)16-9/h4-5,7,10H,6H2,1-3H3/t7-,20-/m1/s1.